The molecule has 140 valence electrons. The molecule has 4 heterocycles. The largest absolute Gasteiger partial charge is 0.348 e. The molecule has 5 rings (SSSR count). The van der Waals surface area contributed by atoms with Crippen LogP contribution in [0.2, 0.25) is 0 Å². The summed E-state index contributed by atoms with van der Waals surface area (Å²) >= 11 is 1.66. The first kappa shape index (κ1) is 16.9. The van der Waals surface area contributed by atoms with E-state index in [-0.39, 0.29) is 11.9 Å². The number of aryl methyl sites for hydroxylation is 1. The van der Waals surface area contributed by atoms with E-state index in [2.05, 4.69) is 32.4 Å². The van der Waals surface area contributed by atoms with Gasteiger partial charge in [0.15, 0.2) is 5.69 Å². The molecule has 2 fully saturated rings. The Morgan fingerprint density at radius 3 is 2.78 bits per heavy atom. The average molecular weight is 382 g/mol. The van der Waals surface area contributed by atoms with Gasteiger partial charge in [-0.2, -0.15) is 5.10 Å². The van der Waals surface area contributed by atoms with Gasteiger partial charge in [0.2, 0.25) is 0 Å². The molecule has 27 heavy (non-hydrogen) atoms. The number of fused-ring (bicyclic) bond motifs is 3. The number of aromatic amines is 1. The first-order valence-electron chi connectivity index (χ1n) is 9.52. The molecule has 0 saturated carbocycles. The molecule has 2 bridgehead atoms. The van der Waals surface area contributed by atoms with Crippen molar-refractivity contribution in [2.24, 2.45) is 0 Å². The Balaban J connectivity index is 1.36. The smallest absolute Gasteiger partial charge is 0.272 e. The minimum absolute atomic E-state index is 0.0759. The van der Waals surface area contributed by atoms with Gasteiger partial charge in [-0.15, -0.1) is 11.3 Å². The number of benzene rings is 1. The molecule has 2 aliphatic rings. The van der Waals surface area contributed by atoms with Crippen LogP contribution in [0.15, 0.2) is 24.4 Å². The maximum atomic E-state index is 12.8. The number of nitrogens with zero attached hydrogens (tertiary/aromatic N) is 3. The summed E-state index contributed by atoms with van der Waals surface area (Å²) in [4.78, 5) is 20.9. The van der Waals surface area contributed by atoms with Gasteiger partial charge < -0.3 is 10.2 Å². The van der Waals surface area contributed by atoms with Crippen molar-refractivity contribution >= 4 is 28.1 Å². The molecule has 3 atom stereocenters. The summed E-state index contributed by atoms with van der Waals surface area (Å²) in [5.74, 6) is -0.0759. The Morgan fingerprint density at radius 2 is 2.07 bits per heavy atom. The van der Waals surface area contributed by atoms with Crippen LogP contribution in [0.25, 0.3) is 21.5 Å². The van der Waals surface area contributed by atoms with Gasteiger partial charge in [-0.05, 0) is 51.8 Å². The molecule has 2 aromatic heterocycles. The van der Waals surface area contributed by atoms with Crippen LogP contribution in [-0.4, -0.2) is 51.2 Å². The number of thiazole rings is 1. The molecule has 1 aromatic carbocycles. The maximum Gasteiger partial charge on any atom is 0.272 e. The predicted octanol–water partition coefficient (Wildman–Crippen LogP) is 3.35. The van der Waals surface area contributed by atoms with Crippen LogP contribution in [-0.2, 0) is 0 Å². The highest BCUT2D eigenvalue weighted by molar-refractivity contribution is 7.14. The topological polar surface area (TPSA) is 73.9 Å². The fourth-order valence-electron chi connectivity index (χ4n) is 4.60. The molecule has 0 spiro atoms. The predicted molar refractivity (Wildman–Crippen MR) is 107 cm³/mol. The van der Waals surface area contributed by atoms with E-state index in [1.54, 1.807) is 11.3 Å². The van der Waals surface area contributed by atoms with Gasteiger partial charge in [-0.1, -0.05) is 6.07 Å². The Bertz CT molecular complexity index is 995. The number of aromatic nitrogens is 3. The first-order valence-corrected chi connectivity index (χ1v) is 10.3. The second-order valence-corrected chi connectivity index (χ2v) is 9.04. The quantitative estimate of drug-likeness (QED) is 0.730. The summed E-state index contributed by atoms with van der Waals surface area (Å²) < 4.78 is 0. The van der Waals surface area contributed by atoms with Gasteiger partial charge in [-0.25, -0.2) is 4.98 Å². The van der Waals surface area contributed by atoms with Gasteiger partial charge in [0.05, 0.1) is 5.52 Å². The molecule has 2 N–H and O–H groups in total. The molecular formula is C20H23N5OS. The minimum Gasteiger partial charge on any atom is -0.348 e. The van der Waals surface area contributed by atoms with Crippen LogP contribution in [0.4, 0.5) is 0 Å². The number of carbonyl (C=O) groups excluding carboxylic acids is 1. The highest BCUT2D eigenvalue weighted by Crippen LogP contribution is 2.34. The summed E-state index contributed by atoms with van der Waals surface area (Å²) in [6.07, 6.45) is 6.45. The van der Waals surface area contributed by atoms with E-state index in [1.807, 2.05) is 31.3 Å². The van der Waals surface area contributed by atoms with Crippen molar-refractivity contribution in [1.29, 1.82) is 0 Å². The molecule has 2 aliphatic heterocycles. The van der Waals surface area contributed by atoms with Crippen LogP contribution >= 0.6 is 11.3 Å². The molecule has 6 nitrogen and oxygen atoms in total. The summed E-state index contributed by atoms with van der Waals surface area (Å²) in [7, 11) is 2.21. The third kappa shape index (κ3) is 2.95. The standard InChI is InChI=1S/C20H23N5OS/c1-11-10-21-20(27-11)12-3-6-16-17(7-12)23-24-18(16)19(26)22-13-8-14-4-5-15(9-13)25(14)2/h3,6-7,10,13-15H,4-5,8-9H2,1-2H3,(H,22,26)(H,23,24)/t13?,14-,15+. The first-order chi connectivity index (χ1) is 13.1. The van der Waals surface area contributed by atoms with Crippen molar-refractivity contribution in [1.82, 2.24) is 25.4 Å². The van der Waals surface area contributed by atoms with E-state index in [9.17, 15) is 4.79 Å². The van der Waals surface area contributed by atoms with E-state index in [1.165, 1.54) is 17.7 Å². The van der Waals surface area contributed by atoms with Crippen LogP contribution < -0.4 is 5.32 Å². The lowest BCUT2D eigenvalue weighted by Gasteiger charge is -2.36. The number of piperidine rings is 1. The number of hydrogen-bond donors (Lipinski definition) is 2. The molecule has 3 aromatic rings. The number of hydrogen-bond acceptors (Lipinski definition) is 5. The highest BCUT2D eigenvalue weighted by Gasteiger charge is 2.39. The third-order valence-corrected chi connectivity index (χ3v) is 7.04. The fourth-order valence-corrected chi connectivity index (χ4v) is 5.36. The van der Waals surface area contributed by atoms with Crippen molar-refractivity contribution in [2.45, 2.75) is 50.7 Å². The Morgan fingerprint density at radius 1 is 1.30 bits per heavy atom. The molecule has 1 unspecified atom stereocenters. The SMILES string of the molecule is Cc1cnc(-c2ccc3c(C(=O)NC4C[C@H]5CC[C@@H](C4)N5C)n[nH]c3c2)s1. The van der Waals surface area contributed by atoms with Gasteiger partial charge in [0.25, 0.3) is 5.91 Å². The van der Waals surface area contributed by atoms with Crippen LogP contribution in [0, 0.1) is 6.92 Å². The fraction of sp³-hybridized carbons (Fsp3) is 0.450. The van der Waals surface area contributed by atoms with Crippen LogP contribution in [0.3, 0.4) is 0 Å². The third-order valence-electron chi connectivity index (χ3n) is 6.08. The summed E-state index contributed by atoms with van der Waals surface area (Å²) in [5.41, 5.74) is 2.40. The monoisotopic (exact) mass is 381 g/mol. The molecule has 1 amide bonds. The zero-order chi connectivity index (χ0) is 18.5. The minimum atomic E-state index is -0.0759. The molecule has 0 aliphatic carbocycles. The number of carbonyl (C=O) groups is 1. The van der Waals surface area contributed by atoms with E-state index in [0.29, 0.717) is 17.8 Å². The normalized spacial score (nSPS) is 25.2. The van der Waals surface area contributed by atoms with Crippen LogP contribution in [0.1, 0.15) is 41.0 Å². The summed E-state index contributed by atoms with van der Waals surface area (Å²) in [6.45, 7) is 2.05. The lowest BCUT2D eigenvalue weighted by Crippen LogP contribution is -2.48. The number of rotatable bonds is 3. The van der Waals surface area contributed by atoms with Crippen molar-refractivity contribution < 1.29 is 4.79 Å². The van der Waals surface area contributed by atoms with Gasteiger partial charge >= 0.3 is 0 Å². The highest BCUT2D eigenvalue weighted by atomic mass is 32.1. The average Bonchev–Trinajstić information content (AvgIpc) is 3.31. The Hall–Kier alpha value is -2.25. The number of nitrogens with one attached hydrogen (secondary N) is 2. The molecule has 0 radical (unpaired) electrons. The zero-order valence-electron chi connectivity index (χ0n) is 15.5. The van der Waals surface area contributed by atoms with Crippen LogP contribution in [0.5, 0.6) is 0 Å². The second-order valence-electron chi connectivity index (χ2n) is 7.80. The van der Waals surface area contributed by atoms with Crippen molar-refractivity contribution in [2.75, 3.05) is 7.05 Å². The van der Waals surface area contributed by atoms with Gasteiger partial charge in [0.1, 0.15) is 5.01 Å². The second kappa shape index (κ2) is 6.42. The summed E-state index contributed by atoms with van der Waals surface area (Å²) in [5, 5.41) is 12.4. The van der Waals surface area contributed by atoms with Gasteiger partial charge in [0, 0.05) is 40.1 Å². The zero-order valence-corrected chi connectivity index (χ0v) is 16.3. The Kier molecular flexibility index (Phi) is 4.02. The van der Waals surface area contributed by atoms with Gasteiger partial charge in [-0.3, -0.25) is 9.89 Å². The van der Waals surface area contributed by atoms with Crippen molar-refractivity contribution in [3.8, 4) is 10.6 Å². The van der Waals surface area contributed by atoms with E-state index in [0.717, 1.165) is 34.3 Å². The lowest BCUT2D eigenvalue weighted by atomic mass is 9.98. The van der Waals surface area contributed by atoms with E-state index < -0.39 is 0 Å². The Labute approximate surface area is 162 Å². The van der Waals surface area contributed by atoms with E-state index in [4.69, 9.17) is 0 Å². The molecule has 7 heteroatoms. The van der Waals surface area contributed by atoms with E-state index >= 15 is 0 Å². The van der Waals surface area contributed by atoms with Crippen molar-refractivity contribution in [3.05, 3.63) is 35.0 Å². The maximum absolute atomic E-state index is 12.8. The summed E-state index contributed by atoms with van der Waals surface area (Å²) in [6, 6.07) is 7.47. The molecule has 2 saturated heterocycles. The number of amides is 1. The number of H-pyrrole nitrogens is 1. The molecular weight excluding hydrogens is 358 g/mol. The lowest BCUT2D eigenvalue weighted by molar-refractivity contribution is 0.0879. The van der Waals surface area contributed by atoms with Crippen molar-refractivity contribution in [3.63, 3.8) is 0 Å².